The molecule has 0 N–H and O–H groups in total. The van der Waals surface area contributed by atoms with Crippen LogP contribution in [0.15, 0.2) is 0 Å². The zero-order valence-electron chi connectivity index (χ0n) is 6.63. The van der Waals surface area contributed by atoms with Crippen LogP contribution in [0, 0.1) is 0 Å². The van der Waals surface area contributed by atoms with E-state index in [1.165, 1.54) is 20.0 Å². The predicted octanol–water partition coefficient (Wildman–Crippen LogP) is 0.871. The molecule has 1 saturated carbocycles. The van der Waals surface area contributed by atoms with Crippen molar-refractivity contribution in [3.8, 4) is 0 Å². The minimum Gasteiger partial charge on any atom is -0.467 e. The Balaban J connectivity index is 1.97. The Morgan fingerprint density at radius 1 is 1.55 bits per heavy atom. The Morgan fingerprint density at radius 3 is 2.73 bits per heavy atom. The first-order valence-electron chi connectivity index (χ1n) is 4.04. The van der Waals surface area contributed by atoms with Crippen molar-refractivity contribution in [1.82, 2.24) is 0 Å². The van der Waals surface area contributed by atoms with E-state index in [1.807, 2.05) is 0 Å². The lowest BCUT2D eigenvalue weighted by atomic mass is 10.0. The van der Waals surface area contributed by atoms with Crippen molar-refractivity contribution >= 4 is 5.97 Å². The van der Waals surface area contributed by atoms with Gasteiger partial charge in [-0.1, -0.05) is 12.8 Å². The Hall–Kier alpha value is -0.570. The summed E-state index contributed by atoms with van der Waals surface area (Å²) in [6.07, 6.45) is 4.20. The van der Waals surface area contributed by atoms with E-state index < -0.39 is 0 Å². The predicted molar refractivity (Wildman–Crippen MR) is 38.1 cm³/mol. The third-order valence-corrected chi connectivity index (χ3v) is 2.64. The quantitative estimate of drug-likeness (QED) is 0.417. The minimum absolute atomic E-state index is 0.0902. The maximum atomic E-state index is 11.0. The topological polar surface area (TPSA) is 38.8 Å². The molecule has 2 fully saturated rings. The zero-order valence-corrected chi connectivity index (χ0v) is 6.63. The van der Waals surface area contributed by atoms with Gasteiger partial charge in [0.15, 0.2) is 6.10 Å². The summed E-state index contributed by atoms with van der Waals surface area (Å²) in [5, 5.41) is 0. The van der Waals surface area contributed by atoms with Crippen molar-refractivity contribution < 1.29 is 14.3 Å². The van der Waals surface area contributed by atoms with E-state index in [0.29, 0.717) is 0 Å². The molecular weight excluding hydrogens is 144 g/mol. The number of methoxy groups -OCH3 is 1. The Labute approximate surface area is 65.7 Å². The van der Waals surface area contributed by atoms with Crippen LogP contribution in [-0.4, -0.2) is 24.8 Å². The molecule has 0 radical (unpaired) electrons. The van der Waals surface area contributed by atoms with Gasteiger partial charge in [0.1, 0.15) is 5.60 Å². The summed E-state index contributed by atoms with van der Waals surface area (Å²) in [6.45, 7) is 0. The van der Waals surface area contributed by atoms with E-state index in [1.54, 1.807) is 0 Å². The van der Waals surface area contributed by atoms with Crippen LogP contribution in [0.5, 0.6) is 0 Å². The van der Waals surface area contributed by atoms with E-state index >= 15 is 0 Å². The average molecular weight is 156 g/mol. The molecule has 0 unspecified atom stereocenters. The fraction of sp³-hybridized carbons (Fsp3) is 0.875. The lowest BCUT2D eigenvalue weighted by Crippen LogP contribution is -2.18. The average Bonchev–Trinajstić information content (AvgIpc) is 2.48. The number of hydrogen-bond acceptors (Lipinski definition) is 3. The van der Waals surface area contributed by atoms with E-state index in [2.05, 4.69) is 4.74 Å². The first-order chi connectivity index (χ1) is 5.28. The lowest BCUT2D eigenvalue weighted by Gasteiger charge is -1.98. The Kier molecular flexibility index (Phi) is 1.42. The summed E-state index contributed by atoms with van der Waals surface area (Å²) in [4.78, 5) is 11.0. The first kappa shape index (κ1) is 7.10. The first-order valence-corrected chi connectivity index (χ1v) is 4.04. The summed E-state index contributed by atoms with van der Waals surface area (Å²) < 4.78 is 9.94. The second-order valence-corrected chi connectivity index (χ2v) is 3.29. The van der Waals surface area contributed by atoms with Crippen LogP contribution in [0.1, 0.15) is 25.7 Å². The van der Waals surface area contributed by atoms with Gasteiger partial charge in [0, 0.05) is 0 Å². The maximum Gasteiger partial charge on any atom is 0.338 e. The standard InChI is InChI=1S/C8H12O3/c1-10-7(9)6-8(11-6)4-2-3-5-8/h6H,2-5H2,1H3/t6-/m0/s1. The largest absolute Gasteiger partial charge is 0.467 e. The molecule has 0 aromatic heterocycles. The highest BCUT2D eigenvalue weighted by molar-refractivity contribution is 5.79. The van der Waals surface area contributed by atoms with Crippen molar-refractivity contribution in [3.63, 3.8) is 0 Å². The second-order valence-electron chi connectivity index (χ2n) is 3.29. The lowest BCUT2D eigenvalue weighted by molar-refractivity contribution is -0.142. The third-order valence-electron chi connectivity index (χ3n) is 2.64. The molecule has 2 rings (SSSR count). The zero-order chi connectivity index (χ0) is 7.90. The summed E-state index contributed by atoms with van der Waals surface area (Å²) in [6, 6.07) is 0. The molecule has 62 valence electrons. The van der Waals surface area contributed by atoms with Crippen LogP contribution in [0.3, 0.4) is 0 Å². The highest BCUT2D eigenvalue weighted by Crippen LogP contribution is 2.49. The van der Waals surface area contributed by atoms with Crippen LogP contribution in [0.2, 0.25) is 0 Å². The summed E-state index contributed by atoms with van der Waals surface area (Å²) >= 11 is 0. The van der Waals surface area contributed by atoms with E-state index in [-0.39, 0.29) is 17.7 Å². The molecule has 0 amide bonds. The van der Waals surface area contributed by atoms with Gasteiger partial charge in [0.2, 0.25) is 0 Å². The fourth-order valence-corrected chi connectivity index (χ4v) is 1.92. The molecule has 3 nitrogen and oxygen atoms in total. The van der Waals surface area contributed by atoms with E-state index in [9.17, 15) is 4.79 Å². The number of esters is 1. The van der Waals surface area contributed by atoms with Crippen LogP contribution in [-0.2, 0) is 14.3 Å². The number of ether oxygens (including phenoxy) is 2. The van der Waals surface area contributed by atoms with Gasteiger partial charge in [-0.3, -0.25) is 0 Å². The highest BCUT2D eigenvalue weighted by atomic mass is 16.7. The van der Waals surface area contributed by atoms with Crippen LogP contribution in [0.4, 0.5) is 0 Å². The molecule has 0 bridgehead atoms. The molecule has 1 aliphatic heterocycles. The molecule has 1 heterocycles. The van der Waals surface area contributed by atoms with Gasteiger partial charge in [-0.2, -0.15) is 0 Å². The van der Waals surface area contributed by atoms with Crippen LogP contribution >= 0.6 is 0 Å². The van der Waals surface area contributed by atoms with Gasteiger partial charge in [-0.05, 0) is 12.8 Å². The molecule has 0 aromatic carbocycles. The van der Waals surface area contributed by atoms with Crippen LogP contribution in [0.25, 0.3) is 0 Å². The van der Waals surface area contributed by atoms with Gasteiger partial charge in [-0.25, -0.2) is 4.79 Å². The van der Waals surface area contributed by atoms with Crippen molar-refractivity contribution in [3.05, 3.63) is 0 Å². The fourth-order valence-electron chi connectivity index (χ4n) is 1.92. The summed E-state index contributed by atoms with van der Waals surface area (Å²) in [5.74, 6) is -0.202. The van der Waals surface area contributed by atoms with Crippen molar-refractivity contribution in [1.29, 1.82) is 0 Å². The third kappa shape index (κ3) is 0.948. The number of epoxide rings is 1. The molecule has 1 spiro atoms. The van der Waals surface area contributed by atoms with Gasteiger partial charge < -0.3 is 9.47 Å². The Morgan fingerprint density at radius 2 is 2.18 bits per heavy atom. The normalized spacial score (nSPS) is 32.3. The van der Waals surface area contributed by atoms with Crippen molar-refractivity contribution in [2.75, 3.05) is 7.11 Å². The van der Waals surface area contributed by atoms with E-state index in [4.69, 9.17) is 4.74 Å². The summed E-state index contributed by atoms with van der Waals surface area (Å²) in [5.41, 5.74) is -0.0902. The number of rotatable bonds is 1. The van der Waals surface area contributed by atoms with Crippen LogP contribution < -0.4 is 0 Å². The van der Waals surface area contributed by atoms with E-state index in [0.717, 1.165) is 12.8 Å². The number of carbonyl (C=O) groups excluding carboxylic acids is 1. The second kappa shape index (κ2) is 2.21. The molecule has 1 aliphatic carbocycles. The SMILES string of the molecule is COC(=O)[C@@H]1OC12CCCC2. The molecule has 1 saturated heterocycles. The molecule has 2 aliphatic rings. The molecule has 1 atom stereocenters. The molecule has 3 heteroatoms. The van der Waals surface area contributed by atoms with Gasteiger partial charge in [0.05, 0.1) is 7.11 Å². The van der Waals surface area contributed by atoms with Gasteiger partial charge >= 0.3 is 5.97 Å². The molecule has 11 heavy (non-hydrogen) atoms. The monoisotopic (exact) mass is 156 g/mol. The smallest absolute Gasteiger partial charge is 0.338 e. The highest BCUT2D eigenvalue weighted by Gasteiger charge is 2.62. The number of carbonyl (C=O) groups is 1. The maximum absolute atomic E-state index is 11.0. The van der Waals surface area contributed by atoms with Gasteiger partial charge in [-0.15, -0.1) is 0 Å². The van der Waals surface area contributed by atoms with Crippen molar-refractivity contribution in [2.45, 2.75) is 37.4 Å². The summed E-state index contributed by atoms with van der Waals surface area (Å²) in [7, 11) is 1.41. The Bertz CT molecular complexity index is 182. The molecule has 0 aromatic rings. The minimum atomic E-state index is -0.241. The van der Waals surface area contributed by atoms with Gasteiger partial charge in [0.25, 0.3) is 0 Å². The van der Waals surface area contributed by atoms with Crippen molar-refractivity contribution in [2.24, 2.45) is 0 Å². The molecular formula is C8H12O3. The number of hydrogen-bond donors (Lipinski definition) is 0.